The van der Waals surface area contributed by atoms with E-state index in [0.717, 1.165) is 29.4 Å². The van der Waals surface area contributed by atoms with Crippen LogP contribution in [0.25, 0.3) is 6.08 Å². The third-order valence-corrected chi connectivity index (χ3v) is 6.72. The first-order valence-corrected chi connectivity index (χ1v) is 13.0. The Hall–Kier alpha value is -2.83. The number of rotatable bonds is 11. The van der Waals surface area contributed by atoms with E-state index in [4.69, 9.17) is 11.1 Å². The van der Waals surface area contributed by atoms with Gasteiger partial charge in [-0.2, -0.15) is 13.2 Å². The minimum Gasteiger partial charge on any atom is -0.326 e. The van der Waals surface area contributed by atoms with E-state index in [1.165, 1.54) is 22.6 Å². The van der Waals surface area contributed by atoms with E-state index >= 15 is 0 Å². The van der Waals surface area contributed by atoms with Crippen LogP contribution in [0, 0.1) is 11.3 Å². The summed E-state index contributed by atoms with van der Waals surface area (Å²) in [5.41, 5.74) is 10.4. The van der Waals surface area contributed by atoms with Gasteiger partial charge < -0.3 is 11.1 Å². The van der Waals surface area contributed by atoms with Gasteiger partial charge in [0.15, 0.2) is 0 Å². The highest BCUT2D eigenvalue weighted by Gasteiger charge is 2.36. The number of hydrogen-bond acceptors (Lipinski definition) is 3. The fourth-order valence-electron chi connectivity index (χ4n) is 3.47. The second-order valence-electron chi connectivity index (χ2n) is 8.47. The highest BCUT2D eigenvalue weighted by molar-refractivity contribution is 8.03. The molecule has 1 aromatic rings. The van der Waals surface area contributed by atoms with Gasteiger partial charge in [-0.25, -0.2) is 0 Å². The van der Waals surface area contributed by atoms with Gasteiger partial charge in [-0.05, 0) is 59.9 Å². The number of thioether (sulfide) groups is 1. The molecular weight excluding hydrogens is 477 g/mol. The molecule has 1 atom stereocenters. The van der Waals surface area contributed by atoms with E-state index in [1.54, 1.807) is 30.8 Å². The van der Waals surface area contributed by atoms with Crippen LogP contribution in [-0.4, -0.2) is 24.2 Å². The van der Waals surface area contributed by atoms with Crippen molar-refractivity contribution >= 4 is 23.5 Å². The Kier molecular flexibility index (Phi) is 12.0. The van der Waals surface area contributed by atoms with Crippen molar-refractivity contribution in [2.75, 3.05) is 12.3 Å². The van der Waals surface area contributed by atoms with Crippen molar-refractivity contribution in [1.29, 1.82) is 5.41 Å². The molecule has 0 fully saturated rings. The van der Waals surface area contributed by atoms with Gasteiger partial charge in [0.2, 0.25) is 0 Å². The molecule has 0 saturated carbocycles. The van der Waals surface area contributed by atoms with Crippen molar-refractivity contribution in [2.45, 2.75) is 39.8 Å². The highest BCUT2D eigenvalue weighted by Crippen LogP contribution is 2.31. The summed E-state index contributed by atoms with van der Waals surface area (Å²) < 4.78 is 39.2. The third-order valence-electron chi connectivity index (χ3n) is 5.53. The Morgan fingerprint density at radius 3 is 2.50 bits per heavy atom. The summed E-state index contributed by atoms with van der Waals surface area (Å²) in [6.45, 7) is 6.33. The summed E-state index contributed by atoms with van der Waals surface area (Å²) in [5, 5.41) is 8.26. The van der Waals surface area contributed by atoms with Crippen LogP contribution in [0.15, 0.2) is 101 Å². The molecule has 0 aliphatic heterocycles. The maximum atomic E-state index is 13.1. The lowest BCUT2D eigenvalue weighted by molar-refractivity contribution is -0.148. The van der Waals surface area contributed by atoms with Crippen LogP contribution in [-0.2, 0) is 6.42 Å². The molecule has 0 radical (unpaired) electrons. The number of nitrogens with one attached hydrogen (secondary N) is 1. The Morgan fingerprint density at radius 1 is 1.17 bits per heavy atom. The summed E-state index contributed by atoms with van der Waals surface area (Å²) in [4.78, 5) is 1.21. The second kappa shape index (κ2) is 14.7. The minimum absolute atomic E-state index is 0.185. The predicted octanol–water partition coefficient (Wildman–Crippen LogP) is 8.37. The van der Waals surface area contributed by atoms with E-state index in [0.29, 0.717) is 24.1 Å². The molecular formula is C30H35F3N2S. The lowest BCUT2D eigenvalue weighted by Crippen LogP contribution is -2.18. The first-order valence-electron chi connectivity index (χ1n) is 12.0. The molecule has 1 aliphatic carbocycles. The molecule has 6 heteroatoms. The van der Waals surface area contributed by atoms with Crippen molar-refractivity contribution < 1.29 is 13.2 Å². The van der Waals surface area contributed by atoms with Gasteiger partial charge in [0.05, 0.1) is 11.6 Å². The number of nitrogens with two attached hydrogens (primary N) is 1. The van der Waals surface area contributed by atoms with Crippen molar-refractivity contribution in [1.82, 2.24) is 0 Å². The molecule has 0 heterocycles. The fourth-order valence-corrected chi connectivity index (χ4v) is 4.49. The van der Waals surface area contributed by atoms with Crippen LogP contribution < -0.4 is 5.73 Å². The van der Waals surface area contributed by atoms with Crippen molar-refractivity contribution in [3.63, 3.8) is 0 Å². The third kappa shape index (κ3) is 10.0. The second-order valence-corrected chi connectivity index (χ2v) is 9.57. The zero-order valence-corrected chi connectivity index (χ0v) is 21.9. The molecule has 3 N–H and O–H groups in total. The lowest BCUT2D eigenvalue weighted by Gasteiger charge is -2.12. The molecule has 192 valence electrons. The molecule has 0 spiro atoms. The topological polar surface area (TPSA) is 49.9 Å². The monoisotopic (exact) mass is 512 g/mol. The molecule has 1 aromatic carbocycles. The van der Waals surface area contributed by atoms with Gasteiger partial charge in [-0.15, -0.1) is 11.8 Å². The zero-order chi connectivity index (χ0) is 26.6. The summed E-state index contributed by atoms with van der Waals surface area (Å²) in [6, 6.07) is 8.19. The Balaban J connectivity index is 1.93. The zero-order valence-electron chi connectivity index (χ0n) is 21.1. The Bertz CT molecular complexity index is 1100. The van der Waals surface area contributed by atoms with E-state index in [2.05, 4.69) is 43.4 Å². The molecule has 0 saturated heterocycles. The van der Waals surface area contributed by atoms with E-state index in [-0.39, 0.29) is 5.71 Å². The average Bonchev–Trinajstić information content (AvgIpc) is 3.06. The van der Waals surface area contributed by atoms with Gasteiger partial charge in [0.25, 0.3) is 0 Å². The van der Waals surface area contributed by atoms with Crippen LogP contribution in [0.5, 0.6) is 0 Å². The molecule has 36 heavy (non-hydrogen) atoms. The van der Waals surface area contributed by atoms with Crippen LogP contribution in [0.1, 0.15) is 38.3 Å². The largest absolute Gasteiger partial charge is 0.398 e. The minimum atomic E-state index is -4.33. The Morgan fingerprint density at radius 2 is 1.89 bits per heavy atom. The molecule has 2 nitrogen and oxygen atoms in total. The predicted molar refractivity (Wildman–Crippen MR) is 150 cm³/mol. The normalized spacial score (nSPS) is 17.5. The molecule has 1 aliphatic rings. The molecule has 0 amide bonds. The summed E-state index contributed by atoms with van der Waals surface area (Å²) in [5.74, 6) is -0.748. The van der Waals surface area contributed by atoms with Crippen LogP contribution in [0.3, 0.4) is 0 Å². The van der Waals surface area contributed by atoms with Crippen LogP contribution >= 0.6 is 11.8 Å². The fraction of sp³-hybridized carbons (Fsp3) is 0.300. The lowest BCUT2D eigenvalue weighted by atomic mass is 10.0. The van der Waals surface area contributed by atoms with Crippen LogP contribution in [0.4, 0.5) is 13.2 Å². The summed E-state index contributed by atoms with van der Waals surface area (Å²) in [6.07, 6.45) is 14.6. The molecule has 1 unspecified atom stereocenters. The first kappa shape index (κ1) is 29.4. The number of alkyl halides is 3. The standard InChI is InChI=1S/C30H35F3N2S/c1-4-7-28(20-34)36-21-23(5-2)10-11-25-14-12-24(13-15-25)8-6-9-29(35)26-16-17-27(30(31,32)33)19-22(3)18-26/h5-7,9-19,27,35H,4,8,20-21,34H2,1-3H3/b9-6-,11-10-,23-5+,28-7+,35-29?. The highest BCUT2D eigenvalue weighted by atomic mass is 32.2. The van der Waals surface area contributed by atoms with Gasteiger partial charge in [-0.3, -0.25) is 0 Å². The van der Waals surface area contributed by atoms with E-state index in [9.17, 15) is 13.2 Å². The summed E-state index contributed by atoms with van der Waals surface area (Å²) >= 11 is 1.77. The quantitative estimate of drug-likeness (QED) is 0.231. The Labute approximate surface area is 217 Å². The van der Waals surface area contributed by atoms with Crippen molar-refractivity contribution in [2.24, 2.45) is 11.7 Å². The maximum absolute atomic E-state index is 13.1. The van der Waals surface area contributed by atoms with Gasteiger partial charge in [-0.1, -0.05) is 91.4 Å². The number of allylic oxidation sites excluding steroid dienone is 11. The van der Waals surface area contributed by atoms with Crippen molar-refractivity contribution in [3.05, 3.63) is 112 Å². The number of halogens is 3. The molecule has 2 rings (SSSR count). The summed E-state index contributed by atoms with van der Waals surface area (Å²) in [7, 11) is 0. The van der Waals surface area contributed by atoms with Crippen molar-refractivity contribution in [3.8, 4) is 0 Å². The SMILES string of the molecule is C/C=C(\C=C/c1ccc(C/C=C\C(=N)C2=CC(C)=CC(C(F)(F)F)C=C2)cc1)CS/C(=C/CC)CN. The smallest absolute Gasteiger partial charge is 0.326 e. The maximum Gasteiger partial charge on any atom is 0.398 e. The van der Waals surface area contributed by atoms with E-state index in [1.807, 2.05) is 25.1 Å². The number of benzene rings is 1. The average molecular weight is 513 g/mol. The molecule has 0 aromatic heterocycles. The van der Waals surface area contributed by atoms with Gasteiger partial charge >= 0.3 is 6.18 Å². The first-order chi connectivity index (χ1) is 17.2. The van der Waals surface area contributed by atoms with Crippen LogP contribution in [0.2, 0.25) is 0 Å². The number of hydrogen-bond donors (Lipinski definition) is 2. The van der Waals surface area contributed by atoms with Gasteiger partial charge in [0, 0.05) is 12.3 Å². The van der Waals surface area contributed by atoms with Gasteiger partial charge in [0.1, 0.15) is 0 Å². The molecule has 0 bridgehead atoms. The van der Waals surface area contributed by atoms with E-state index < -0.39 is 12.1 Å².